The summed E-state index contributed by atoms with van der Waals surface area (Å²) in [6.45, 7) is 2.60. The third-order valence-electron chi connectivity index (χ3n) is 0.485. The van der Waals surface area contributed by atoms with E-state index in [0.29, 0.717) is 0 Å². The highest BCUT2D eigenvalue weighted by Gasteiger charge is 1.80. The molecule has 0 aromatic carbocycles. The lowest BCUT2D eigenvalue weighted by Gasteiger charge is -1.71. The molecular formula is C5H9NO2. The van der Waals surface area contributed by atoms with Gasteiger partial charge in [-0.25, -0.2) is 0 Å². The highest BCUT2D eigenvalue weighted by atomic mass is 16.4. The standard InChI is InChI=1S/C3H6O2.C2H3N/c1-2-3(4)5;1-2-3-1/h2H2,1H3,(H,4,5);1H,2H2. The van der Waals surface area contributed by atoms with Crippen molar-refractivity contribution in [1.29, 1.82) is 0 Å². The Labute approximate surface area is 48.1 Å². The Morgan fingerprint density at radius 2 is 2.25 bits per heavy atom. The van der Waals surface area contributed by atoms with E-state index >= 15 is 0 Å². The predicted octanol–water partition coefficient (Wildman–Crippen LogP) is 0.552. The van der Waals surface area contributed by atoms with E-state index < -0.39 is 5.97 Å². The van der Waals surface area contributed by atoms with Crippen LogP contribution in [0.4, 0.5) is 0 Å². The second-order valence-corrected chi connectivity index (χ2v) is 1.30. The SMILES string of the molecule is C1=NC1.CCC(=O)O. The van der Waals surface area contributed by atoms with Crippen LogP contribution >= 0.6 is 0 Å². The molecule has 3 heteroatoms. The number of rotatable bonds is 1. The Morgan fingerprint density at radius 1 is 2.00 bits per heavy atom. The zero-order chi connectivity index (χ0) is 6.41. The number of nitrogens with zero attached hydrogens (tertiary/aromatic N) is 1. The fourth-order valence-electron chi connectivity index (χ4n) is 0. The molecule has 1 N–H and O–H groups in total. The lowest BCUT2D eigenvalue weighted by molar-refractivity contribution is -0.136. The maximum absolute atomic E-state index is 9.37. The summed E-state index contributed by atoms with van der Waals surface area (Å²) in [4.78, 5) is 13.0. The van der Waals surface area contributed by atoms with Crippen molar-refractivity contribution in [1.82, 2.24) is 0 Å². The zero-order valence-corrected chi connectivity index (χ0v) is 4.79. The third-order valence-corrected chi connectivity index (χ3v) is 0.485. The first kappa shape index (κ1) is 7.14. The van der Waals surface area contributed by atoms with Crippen LogP contribution in [-0.4, -0.2) is 23.8 Å². The monoisotopic (exact) mass is 115 g/mol. The van der Waals surface area contributed by atoms with Crippen molar-refractivity contribution in [2.75, 3.05) is 6.54 Å². The number of carboxylic acids is 1. The Balaban J connectivity index is 0.000000135. The summed E-state index contributed by atoms with van der Waals surface area (Å²) in [7, 11) is 0. The van der Waals surface area contributed by atoms with Crippen molar-refractivity contribution in [2.24, 2.45) is 4.99 Å². The quantitative estimate of drug-likeness (QED) is 0.542. The van der Waals surface area contributed by atoms with Crippen molar-refractivity contribution in [3.8, 4) is 0 Å². The predicted molar refractivity (Wildman–Crippen MR) is 31.3 cm³/mol. The topological polar surface area (TPSA) is 49.7 Å². The average molecular weight is 115 g/mol. The Kier molecular flexibility index (Phi) is 3.84. The number of hydrogen-bond acceptors (Lipinski definition) is 2. The van der Waals surface area contributed by atoms with Crippen LogP contribution in [0.5, 0.6) is 0 Å². The molecule has 1 rings (SSSR count). The van der Waals surface area contributed by atoms with Crippen LogP contribution in [0.3, 0.4) is 0 Å². The molecule has 3 nitrogen and oxygen atoms in total. The van der Waals surface area contributed by atoms with E-state index in [2.05, 4.69) is 4.99 Å². The maximum atomic E-state index is 9.37. The minimum atomic E-state index is -0.745. The van der Waals surface area contributed by atoms with Crippen molar-refractivity contribution >= 4 is 12.2 Å². The van der Waals surface area contributed by atoms with E-state index in [0.717, 1.165) is 6.54 Å². The number of carbonyl (C=O) groups is 1. The largest absolute Gasteiger partial charge is 0.481 e. The molecule has 0 aromatic heterocycles. The second kappa shape index (κ2) is 4.30. The number of carboxylic acid groups (broad SMARTS) is 1. The van der Waals surface area contributed by atoms with Gasteiger partial charge in [-0.05, 0) is 0 Å². The van der Waals surface area contributed by atoms with E-state index in [1.807, 2.05) is 6.21 Å². The molecule has 0 bridgehead atoms. The van der Waals surface area contributed by atoms with Crippen molar-refractivity contribution in [2.45, 2.75) is 13.3 Å². The Hall–Kier alpha value is -0.860. The Morgan fingerprint density at radius 3 is 2.25 bits per heavy atom. The summed E-state index contributed by atoms with van der Waals surface area (Å²) >= 11 is 0. The molecule has 1 aliphatic rings. The zero-order valence-electron chi connectivity index (χ0n) is 4.79. The average Bonchev–Trinajstić information content (AvgIpc) is 2.48. The molecule has 0 atom stereocenters. The molecule has 0 saturated carbocycles. The van der Waals surface area contributed by atoms with E-state index in [1.165, 1.54) is 0 Å². The summed E-state index contributed by atoms with van der Waals surface area (Å²) in [6.07, 6.45) is 2.10. The minimum absolute atomic E-state index is 0.222. The van der Waals surface area contributed by atoms with Gasteiger partial charge in [0.15, 0.2) is 0 Å². The van der Waals surface area contributed by atoms with Gasteiger partial charge in [-0.3, -0.25) is 9.79 Å². The normalized spacial score (nSPS) is 11.6. The molecule has 0 saturated heterocycles. The van der Waals surface area contributed by atoms with Crippen LogP contribution in [0.25, 0.3) is 0 Å². The fourth-order valence-corrected chi connectivity index (χ4v) is 0. The lowest BCUT2D eigenvalue weighted by Crippen LogP contribution is -1.86. The van der Waals surface area contributed by atoms with Crippen molar-refractivity contribution in [3.63, 3.8) is 0 Å². The molecule has 46 valence electrons. The molecule has 0 unspecified atom stereocenters. The van der Waals surface area contributed by atoms with Crippen LogP contribution in [0.15, 0.2) is 4.99 Å². The molecule has 0 spiro atoms. The van der Waals surface area contributed by atoms with Gasteiger partial charge in [0.05, 0.1) is 6.54 Å². The van der Waals surface area contributed by atoms with Crippen LogP contribution in [0.1, 0.15) is 13.3 Å². The van der Waals surface area contributed by atoms with Crippen LogP contribution in [-0.2, 0) is 4.79 Å². The van der Waals surface area contributed by atoms with Crippen LogP contribution in [0, 0.1) is 0 Å². The van der Waals surface area contributed by atoms with Gasteiger partial charge < -0.3 is 5.11 Å². The molecule has 0 radical (unpaired) electrons. The van der Waals surface area contributed by atoms with E-state index in [1.54, 1.807) is 6.92 Å². The lowest BCUT2D eigenvalue weighted by atomic mass is 10.5. The maximum Gasteiger partial charge on any atom is 0.303 e. The van der Waals surface area contributed by atoms with Gasteiger partial charge in [0, 0.05) is 12.6 Å². The molecule has 1 heterocycles. The van der Waals surface area contributed by atoms with Gasteiger partial charge in [0.25, 0.3) is 0 Å². The molecule has 0 aliphatic carbocycles. The van der Waals surface area contributed by atoms with Gasteiger partial charge >= 0.3 is 5.97 Å². The van der Waals surface area contributed by atoms with E-state index in [4.69, 9.17) is 5.11 Å². The summed E-state index contributed by atoms with van der Waals surface area (Å²) in [6, 6.07) is 0. The first-order valence-corrected chi connectivity index (χ1v) is 2.47. The van der Waals surface area contributed by atoms with Crippen molar-refractivity contribution < 1.29 is 9.90 Å². The van der Waals surface area contributed by atoms with Crippen molar-refractivity contribution in [3.05, 3.63) is 0 Å². The number of aliphatic carboxylic acids is 1. The fraction of sp³-hybridized carbons (Fsp3) is 0.600. The van der Waals surface area contributed by atoms with Crippen LogP contribution < -0.4 is 0 Å². The smallest absolute Gasteiger partial charge is 0.303 e. The van der Waals surface area contributed by atoms with Gasteiger partial charge in [0.1, 0.15) is 0 Å². The highest BCUT2D eigenvalue weighted by Crippen LogP contribution is 1.72. The third kappa shape index (κ3) is 19.2. The first-order valence-electron chi connectivity index (χ1n) is 2.47. The molecule has 0 amide bonds. The Bertz CT molecular complexity index is 94.6. The molecule has 0 aromatic rings. The second-order valence-electron chi connectivity index (χ2n) is 1.30. The molecule has 1 aliphatic heterocycles. The number of aliphatic imine (C=N–C) groups is 1. The van der Waals surface area contributed by atoms with E-state index in [-0.39, 0.29) is 6.42 Å². The summed E-state index contributed by atoms with van der Waals surface area (Å²) < 4.78 is 0. The van der Waals surface area contributed by atoms with Crippen LogP contribution in [0.2, 0.25) is 0 Å². The van der Waals surface area contributed by atoms with Gasteiger partial charge in [0.2, 0.25) is 0 Å². The highest BCUT2D eigenvalue weighted by molar-refractivity contribution is 5.71. The van der Waals surface area contributed by atoms with E-state index in [9.17, 15) is 4.79 Å². The summed E-state index contributed by atoms with van der Waals surface area (Å²) in [5, 5.41) is 7.72. The number of hydrogen-bond donors (Lipinski definition) is 1. The van der Waals surface area contributed by atoms with Gasteiger partial charge in [-0.15, -0.1) is 0 Å². The minimum Gasteiger partial charge on any atom is -0.481 e. The molecule has 8 heavy (non-hydrogen) atoms. The summed E-state index contributed by atoms with van der Waals surface area (Å²) in [5.41, 5.74) is 0. The molecule has 0 fully saturated rings. The van der Waals surface area contributed by atoms with Gasteiger partial charge in [-0.1, -0.05) is 6.92 Å². The first-order chi connectivity index (χ1) is 3.77. The van der Waals surface area contributed by atoms with Gasteiger partial charge in [-0.2, -0.15) is 0 Å². The molecular weight excluding hydrogens is 106 g/mol. The summed E-state index contributed by atoms with van der Waals surface area (Å²) in [5.74, 6) is -0.745.